The Hall–Kier alpha value is -3.32. The quantitative estimate of drug-likeness (QED) is 0.686. The van der Waals surface area contributed by atoms with E-state index in [2.05, 4.69) is 38.4 Å². The highest BCUT2D eigenvalue weighted by Gasteiger charge is 2.31. The molecule has 7 nitrogen and oxygen atoms in total. The van der Waals surface area contributed by atoms with Crippen LogP contribution < -0.4 is 10.2 Å². The molecule has 158 valence electrons. The number of hydrogen-bond acceptors (Lipinski definition) is 6. The lowest BCUT2D eigenvalue weighted by molar-refractivity contribution is -0.120. The van der Waals surface area contributed by atoms with Gasteiger partial charge in [-0.25, -0.2) is 15.0 Å². The molecular formula is C24H26N6O. The van der Waals surface area contributed by atoms with Crippen LogP contribution in [0, 0.1) is 0 Å². The van der Waals surface area contributed by atoms with Crippen LogP contribution in [0.3, 0.4) is 0 Å². The van der Waals surface area contributed by atoms with Gasteiger partial charge in [-0.1, -0.05) is 24.3 Å². The van der Waals surface area contributed by atoms with Crippen LogP contribution in [0.15, 0.2) is 60.9 Å². The van der Waals surface area contributed by atoms with Gasteiger partial charge in [0.05, 0.1) is 18.3 Å². The third kappa shape index (κ3) is 4.27. The molecular weight excluding hydrogens is 388 g/mol. The van der Waals surface area contributed by atoms with Crippen molar-refractivity contribution in [2.75, 3.05) is 29.9 Å². The zero-order valence-corrected chi connectivity index (χ0v) is 17.4. The molecule has 0 bridgehead atoms. The van der Waals surface area contributed by atoms with Crippen LogP contribution in [0.25, 0.3) is 0 Å². The zero-order valence-electron chi connectivity index (χ0n) is 17.4. The highest BCUT2D eigenvalue weighted by Crippen LogP contribution is 2.32. The lowest BCUT2D eigenvalue weighted by Gasteiger charge is -2.32. The average molecular weight is 415 g/mol. The second-order valence-electron chi connectivity index (χ2n) is 8.05. The van der Waals surface area contributed by atoms with Gasteiger partial charge in [-0.3, -0.25) is 9.69 Å². The number of aryl methyl sites for hydroxylation is 1. The summed E-state index contributed by atoms with van der Waals surface area (Å²) in [5.41, 5.74) is 3.32. The monoisotopic (exact) mass is 414 g/mol. The van der Waals surface area contributed by atoms with E-state index in [-0.39, 0.29) is 11.9 Å². The van der Waals surface area contributed by atoms with Crippen molar-refractivity contribution in [3.8, 4) is 0 Å². The maximum atomic E-state index is 13.2. The molecule has 31 heavy (non-hydrogen) atoms. The standard InChI is InChI=1S/C24H26N6O/c31-23(30-16-4-8-18-7-1-2-10-20(18)30)17-29-15-5-11-21(29)19-9-3-12-22(27-19)28-24-25-13-6-14-26-24/h1-3,6-7,9-10,12-14,21H,4-5,8,11,15-17H2,(H,25,26,27,28)/t21-/m0/s1. The van der Waals surface area contributed by atoms with Crippen molar-refractivity contribution in [3.63, 3.8) is 0 Å². The van der Waals surface area contributed by atoms with Crippen LogP contribution in [0.2, 0.25) is 0 Å². The van der Waals surface area contributed by atoms with Crippen molar-refractivity contribution in [2.45, 2.75) is 31.7 Å². The number of rotatable bonds is 5. The SMILES string of the molecule is O=C(CN1CCC[C@H]1c1cccc(Nc2ncccn2)n1)N1CCCc2ccccc21. The van der Waals surface area contributed by atoms with Gasteiger partial charge < -0.3 is 10.2 Å². The first-order chi connectivity index (χ1) is 15.3. The van der Waals surface area contributed by atoms with Crippen molar-refractivity contribution in [2.24, 2.45) is 0 Å². The molecule has 1 fully saturated rings. The van der Waals surface area contributed by atoms with Crippen LogP contribution in [0.1, 0.15) is 36.6 Å². The fourth-order valence-corrected chi connectivity index (χ4v) is 4.59. The molecule has 7 heteroatoms. The molecule has 2 aromatic heterocycles. The van der Waals surface area contributed by atoms with E-state index in [0.29, 0.717) is 18.3 Å². The van der Waals surface area contributed by atoms with Crippen molar-refractivity contribution in [1.82, 2.24) is 19.9 Å². The summed E-state index contributed by atoms with van der Waals surface area (Å²) in [6.45, 7) is 2.12. The number of carbonyl (C=O) groups excluding carboxylic acids is 1. The van der Waals surface area contributed by atoms with E-state index in [1.165, 1.54) is 5.56 Å². The Labute approximate surface area is 182 Å². The Morgan fingerprint density at radius 2 is 1.87 bits per heavy atom. The summed E-state index contributed by atoms with van der Waals surface area (Å²) in [5, 5.41) is 3.16. The Morgan fingerprint density at radius 3 is 2.77 bits per heavy atom. The fraction of sp³-hybridized carbons (Fsp3) is 0.333. The summed E-state index contributed by atoms with van der Waals surface area (Å²) in [4.78, 5) is 30.7. The number of amides is 1. The summed E-state index contributed by atoms with van der Waals surface area (Å²) in [5.74, 6) is 1.41. The molecule has 0 aliphatic carbocycles. The first-order valence-electron chi connectivity index (χ1n) is 10.9. The maximum Gasteiger partial charge on any atom is 0.241 e. The Bertz CT molecular complexity index is 1060. The number of likely N-dealkylation sites (tertiary alicyclic amines) is 1. The second-order valence-corrected chi connectivity index (χ2v) is 8.05. The highest BCUT2D eigenvalue weighted by atomic mass is 16.2. The smallest absolute Gasteiger partial charge is 0.241 e. The molecule has 1 amide bonds. The van der Waals surface area contributed by atoms with E-state index in [1.54, 1.807) is 18.5 Å². The minimum Gasteiger partial charge on any atom is -0.311 e. The molecule has 5 rings (SSSR count). The van der Waals surface area contributed by atoms with Gasteiger partial charge in [-0.15, -0.1) is 0 Å². The Kier molecular flexibility index (Phi) is 5.58. The summed E-state index contributed by atoms with van der Waals surface area (Å²) in [7, 11) is 0. The van der Waals surface area contributed by atoms with Crippen LogP contribution >= 0.6 is 0 Å². The Balaban J connectivity index is 1.30. The van der Waals surface area contributed by atoms with Gasteiger partial charge in [0.15, 0.2) is 0 Å². The van der Waals surface area contributed by atoms with Gasteiger partial charge in [-0.05, 0) is 62.1 Å². The molecule has 1 saturated heterocycles. The highest BCUT2D eigenvalue weighted by molar-refractivity contribution is 5.96. The van der Waals surface area contributed by atoms with Crippen LogP contribution in [0.4, 0.5) is 17.5 Å². The van der Waals surface area contributed by atoms with Gasteiger partial charge in [0.1, 0.15) is 5.82 Å². The first kappa shape index (κ1) is 19.6. The van der Waals surface area contributed by atoms with Crippen molar-refractivity contribution in [3.05, 3.63) is 72.2 Å². The summed E-state index contributed by atoms with van der Waals surface area (Å²) in [6.07, 6.45) is 7.52. The number of aromatic nitrogens is 3. The van der Waals surface area contributed by atoms with Crippen molar-refractivity contribution < 1.29 is 4.79 Å². The number of anilines is 3. The molecule has 0 spiro atoms. The van der Waals surface area contributed by atoms with E-state index >= 15 is 0 Å². The molecule has 2 aliphatic heterocycles. The Morgan fingerprint density at radius 1 is 1.00 bits per heavy atom. The second kappa shape index (κ2) is 8.81. The van der Waals surface area contributed by atoms with Crippen molar-refractivity contribution in [1.29, 1.82) is 0 Å². The van der Waals surface area contributed by atoms with E-state index in [0.717, 1.165) is 50.2 Å². The topological polar surface area (TPSA) is 74.2 Å². The number of para-hydroxylation sites is 1. The maximum absolute atomic E-state index is 13.2. The van der Waals surface area contributed by atoms with Crippen LogP contribution in [0.5, 0.6) is 0 Å². The molecule has 0 saturated carbocycles. The largest absolute Gasteiger partial charge is 0.311 e. The van der Waals surface area contributed by atoms with Gasteiger partial charge in [0, 0.05) is 24.6 Å². The van der Waals surface area contributed by atoms with Crippen molar-refractivity contribution >= 4 is 23.4 Å². The molecule has 1 N–H and O–H groups in total. The number of pyridine rings is 1. The van der Waals surface area contributed by atoms with E-state index in [1.807, 2.05) is 29.2 Å². The predicted molar refractivity (Wildman–Crippen MR) is 120 cm³/mol. The summed E-state index contributed by atoms with van der Waals surface area (Å²) in [6, 6.07) is 16.1. The van der Waals surface area contributed by atoms with E-state index in [9.17, 15) is 4.79 Å². The van der Waals surface area contributed by atoms with E-state index in [4.69, 9.17) is 4.98 Å². The zero-order chi connectivity index (χ0) is 21.0. The van der Waals surface area contributed by atoms with Crippen LogP contribution in [-0.4, -0.2) is 45.4 Å². The number of carbonyl (C=O) groups is 1. The molecule has 1 aromatic carbocycles. The minimum absolute atomic E-state index is 0.141. The fourth-order valence-electron chi connectivity index (χ4n) is 4.59. The predicted octanol–water partition coefficient (Wildman–Crippen LogP) is 3.73. The number of benzene rings is 1. The van der Waals surface area contributed by atoms with Gasteiger partial charge in [-0.2, -0.15) is 0 Å². The normalized spacial score (nSPS) is 18.6. The van der Waals surface area contributed by atoms with Gasteiger partial charge in [0.2, 0.25) is 11.9 Å². The lowest BCUT2D eigenvalue weighted by Crippen LogP contribution is -2.42. The first-order valence-corrected chi connectivity index (χ1v) is 10.9. The molecule has 4 heterocycles. The minimum atomic E-state index is 0.141. The third-order valence-corrected chi connectivity index (χ3v) is 6.03. The number of nitrogens with one attached hydrogen (secondary N) is 1. The number of fused-ring (bicyclic) bond motifs is 1. The number of nitrogens with zero attached hydrogens (tertiary/aromatic N) is 5. The van der Waals surface area contributed by atoms with E-state index < -0.39 is 0 Å². The van der Waals surface area contributed by atoms with Crippen LogP contribution in [-0.2, 0) is 11.2 Å². The van der Waals surface area contributed by atoms with Gasteiger partial charge >= 0.3 is 0 Å². The molecule has 2 aliphatic rings. The number of hydrogen-bond donors (Lipinski definition) is 1. The third-order valence-electron chi connectivity index (χ3n) is 6.03. The molecule has 0 unspecified atom stereocenters. The molecule has 0 radical (unpaired) electrons. The van der Waals surface area contributed by atoms with Gasteiger partial charge in [0.25, 0.3) is 0 Å². The average Bonchev–Trinajstić information content (AvgIpc) is 3.27. The lowest BCUT2D eigenvalue weighted by atomic mass is 10.0. The molecule has 3 aromatic rings. The summed E-state index contributed by atoms with van der Waals surface area (Å²) >= 11 is 0. The molecule has 1 atom stereocenters. The summed E-state index contributed by atoms with van der Waals surface area (Å²) < 4.78 is 0.